The molecule has 0 aliphatic heterocycles. The lowest BCUT2D eigenvalue weighted by Gasteiger charge is -2.31. The van der Waals surface area contributed by atoms with Crippen LogP contribution in [0.2, 0.25) is 0 Å². The number of nitrogens with one attached hydrogen (secondary N) is 1. The van der Waals surface area contributed by atoms with Crippen LogP contribution in [0.25, 0.3) is 0 Å². The van der Waals surface area contributed by atoms with Gasteiger partial charge in [-0.15, -0.1) is 0 Å². The van der Waals surface area contributed by atoms with E-state index in [2.05, 4.69) is 5.32 Å². The molecule has 0 aliphatic carbocycles. The average molecular weight is 461 g/mol. The Hall–Kier alpha value is -3.80. The molecular weight excluding hydrogens is 428 g/mol. The Morgan fingerprint density at radius 1 is 0.941 bits per heavy atom. The summed E-state index contributed by atoms with van der Waals surface area (Å²) in [7, 11) is 3.18. The minimum atomic E-state index is -0.701. The smallest absolute Gasteiger partial charge is 0.261 e. The van der Waals surface area contributed by atoms with Gasteiger partial charge < -0.3 is 19.7 Å². The third-order valence-electron chi connectivity index (χ3n) is 5.70. The number of carbonyl (C=O) groups is 2. The van der Waals surface area contributed by atoms with E-state index in [0.717, 1.165) is 22.3 Å². The fourth-order valence-corrected chi connectivity index (χ4v) is 3.77. The largest absolute Gasteiger partial charge is 0.497 e. The van der Waals surface area contributed by atoms with E-state index in [0.29, 0.717) is 17.9 Å². The normalized spacial score (nSPS) is 11.4. The molecule has 2 amide bonds. The number of ether oxygens (including phenoxy) is 2. The Bertz CT molecular complexity index is 1110. The maximum Gasteiger partial charge on any atom is 0.261 e. The van der Waals surface area contributed by atoms with Crippen molar-refractivity contribution in [2.45, 2.75) is 32.9 Å². The topological polar surface area (TPSA) is 67.9 Å². The summed E-state index contributed by atoms with van der Waals surface area (Å²) < 4.78 is 11.3. The van der Waals surface area contributed by atoms with Crippen molar-refractivity contribution in [1.29, 1.82) is 0 Å². The summed E-state index contributed by atoms with van der Waals surface area (Å²) in [5.74, 6) is 0.852. The Morgan fingerprint density at radius 3 is 2.38 bits per heavy atom. The van der Waals surface area contributed by atoms with Crippen LogP contribution in [0, 0.1) is 13.8 Å². The summed E-state index contributed by atoms with van der Waals surface area (Å²) in [5.41, 5.74) is 3.83. The van der Waals surface area contributed by atoms with Gasteiger partial charge in [-0.3, -0.25) is 9.59 Å². The van der Waals surface area contributed by atoms with Gasteiger partial charge in [-0.25, -0.2) is 0 Å². The molecule has 34 heavy (non-hydrogen) atoms. The standard InChI is InChI=1S/C28H32N2O4/c1-20-13-14-21(2)26(15-20)34-19-27(31)30(18-23-11-8-12-24(16-23)33-4)25(28(32)29-3)17-22-9-6-5-7-10-22/h5-16,25H,17-19H2,1-4H3,(H,29,32). The second-order valence-corrected chi connectivity index (χ2v) is 8.25. The first kappa shape index (κ1) is 24.8. The molecule has 1 N–H and O–H groups in total. The number of methoxy groups -OCH3 is 1. The monoisotopic (exact) mass is 460 g/mol. The summed E-state index contributed by atoms with van der Waals surface area (Å²) in [5, 5.41) is 2.72. The molecule has 3 aromatic rings. The van der Waals surface area contributed by atoms with Gasteiger partial charge in [-0.2, -0.15) is 0 Å². The highest BCUT2D eigenvalue weighted by Gasteiger charge is 2.30. The van der Waals surface area contributed by atoms with Gasteiger partial charge in [0.1, 0.15) is 17.5 Å². The number of aryl methyl sites for hydroxylation is 2. The molecule has 0 saturated heterocycles. The van der Waals surface area contributed by atoms with E-state index in [4.69, 9.17) is 9.47 Å². The zero-order valence-corrected chi connectivity index (χ0v) is 20.2. The summed E-state index contributed by atoms with van der Waals surface area (Å²) >= 11 is 0. The minimum absolute atomic E-state index is 0.170. The van der Waals surface area contributed by atoms with E-state index < -0.39 is 6.04 Å². The van der Waals surface area contributed by atoms with E-state index in [1.165, 1.54) is 0 Å². The SMILES string of the molecule is CNC(=O)C(Cc1ccccc1)N(Cc1cccc(OC)c1)C(=O)COc1cc(C)ccc1C. The molecule has 1 atom stereocenters. The Labute approximate surface area is 201 Å². The van der Waals surface area contributed by atoms with E-state index in [1.54, 1.807) is 19.1 Å². The molecule has 3 rings (SSSR count). The molecular formula is C28H32N2O4. The molecule has 3 aromatic carbocycles. The summed E-state index contributed by atoms with van der Waals surface area (Å²) in [6, 6.07) is 22.4. The average Bonchev–Trinajstić information content (AvgIpc) is 2.86. The number of benzene rings is 3. The summed E-state index contributed by atoms with van der Waals surface area (Å²) in [4.78, 5) is 28.1. The van der Waals surface area contributed by atoms with E-state index in [9.17, 15) is 9.59 Å². The molecule has 0 aromatic heterocycles. The van der Waals surface area contributed by atoms with E-state index in [1.807, 2.05) is 86.6 Å². The predicted molar refractivity (Wildman–Crippen MR) is 133 cm³/mol. The molecule has 0 heterocycles. The quantitative estimate of drug-likeness (QED) is 0.495. The first-order valence-electron chi connectivity index (χ1n) is 11.3. The van der Waals surface area contributed by atoms with Gasteiger partial charge in [0, 0.05) is 20.0 Å². The first-order valence-corrected chi connectivity index (χ1v) is 11.3. The number of rotatable bonds is 10. The Morgan fingerprint density at radius 2 is 1.68 bits per heavy atom. The lowest BCUT2D eigenvalue weighted by atomic mass is 10.0. The van der Waals surface area contributed by atoms with Gasteiger partial charge in [0.25, 0.3) is 5.91 Å². The number of nitrogens with zero attached hydrogens (tertiary/aromatic N) is 1. The fraction of sp³-hybridized carbons (Fsp3) is 0.286. The van der Waals surface area contributed by atoms with Crippen molar-refractivity contribution in [2.24, 2.45) is 0 Å². The lowest BCUT2D eigenvalue weighted by Crippen LogP contribution is -2.51. The van der Waals surface area contributed by atoms with Crippen LogP contribution >= 0.6 is 0 Å². The zero-order chi connectivity index (χ0) is 24.5. The van der Waals surface area contributed by atoms with Crippen LogP contribution in [0.1, 0.15) is 22.3 Å². The molecule has 0 saturated carbocycles. The maximum absolute atomic E-state index is 13.5. The summed E-state index contributed by atoms with van der Waals surface area (Å²) in [6.45, 7) is 3.99. The number of hydrogen-bond donors (Lipinski definition) is 1. The number of carbonyl (C=O) groups excluding carboxylic acids is 2. The van der Waals surface area contributed by atoms with E-state index in [-0.39, 0.29) is 25.0 Å². The molecule has 0 bridgehead atoms. The van der Waals surface area contributed by atoms with Crippen LogP contribution < -0.4 is 14.8 Å². The van der Waals surface area contributed by atoms with Gasteiger partial charge in [0.2, 0.25) is 5.91 Å². The van der Waals surface area contributed by atoms with Gasteiger partial charge >= 0.3 is 0 Å². The van der Waals surface area contributed by atoms with Crippen molar-refractivity contribution in [3.63, 3.8) is 0 Å². The van der Waals surface area contributed by atoms with Crippen LogP contribution in [0.3, 0.4) is 0 Å². The Kier molecular flexibility index (Phi) is 8.68. The molecule has 0 radical (unpaired) electrons. The third kappa shape index (κ3) is 6.61. The van der Waals surface area contributed by atoms with Gasteiger partial charge in [-0.05, 0) is 54.3 Å². The molecule has 1 unspecified atom stereocenters. The second kappa shape index (κ2) is 11.9. The van der Waals surface area contributed by atoms with Crippen LogP contribution in [0.5, 0.6) is 11.5 Å². The highest BCUT2D eigenvalue weighted by Crippen LogP contribution is 2.21. The van der Waals surface area contributed by atoms with Crippen LogP contribution in [-0.2, 0) is 22.6 Å². The number of hydrogen-bond acceptors (Lipinski definition) is 4. The van der Waals surface area contributed by atoms with Crippen LogP contribution in [0.4, 0.5) is 0 Å². The van der Waals surface area contributed by atoms with E-state index >= 15 is 0 Å². The van der Waals surface area contributed by atoms with Gasteiger partial charge in [-0.1, -0.05) is 54.6 Å². The predicted octanol–water partition coefficient (Wildman–Crippen LogP) is 4.08. The fourth-order valence-electron chi connectivity index (χ4n) is 3.77. The van der Waals surface area contributed by atoms with Crippen molar-refractivity contribution in [3.05, 3.63) is 95.1 Å². The minimum Gasteiger partial charge on any atom is -0.497 e. The highest BCUT2D eigenvalue weighted by atomic mass is 16.5. The first-order chi connectivity index (χ1) is 16.4. The van der Waals surface area contributed by atoms with Crippen molar-refractivity contribution >= 4 is 11.8 Å². The molecule has 6 heteroatoms. The number of likely N-dealkylation sites (N-methyl/N-ethyl adjacent to an activating group) is 1. The van der Waals surface area contributed by atoms with Crippen molar-refractivity contribution < 1.29 is 19.1 Å². The zero-order valence-electron chi connectivity index (χ0n) is 20.2. The van der Waals surface area contributed by atoms with Gasteiger partial charge in [0.15, 0.2) is 6.61 Å². The second-order valence-electron chi connectivity index (χ2n) is 8.25. The molecule has 178 valence electrons. The van der Waals surface area contributed by atoms with Gasteiger partial charge in [0.05, 0.1) is 7.11 Å². The van der Waals surface area contributed by atoms with Crippen molar-refractivity contribution in [3.8, 4) is 11.5 Å². The highest BCUT2D eigenvalue weighted by molar-refractivity contribution is 5.88. The molecule has 0 aliphatic rings. The third-order valence-corrected chi connectivity index (χ3v) is 5.70. The lowest BCUT2D eigenvalue weighted by molar-refractivity contribution is -0.142. The maximum atomic E-state index is 13.5. The molecule has 6 nitrogen and oxygen atoms in total. The van der Waals surface area contributed by atoms with Crippen molar-refractivity contribution in [1.82, 2.24) is 10.2 Å². The number of amides is 2. The van der Waals surface area contributed by atoms with Crippen molar-refractivity contribution in [2.75, 3.05) is 20.8 Å². The Balaban J connectivity index is 1.90. The molecule has 0 spiro atoms. The summed E-state index contributed by atoms with van der Waals surface area (Å²) in [6.07, 6.45) is 0.389. The molecule has 0 fully saturated rings. The van der Waals surface area contributed by atoms with Crippen LogP contribution in [-0.4, -0.2) is 43.5 Å². The van der Waals surface area contributed by atoms with Crippen LogP contribution in [0.15, 0.2) is 72.8 Å².